The zero-order chi connectivity index (χ0) is 15.1. The summed E-state index contributed by atoms with van der Waals surface area (Å²) in [4.78, 5) is 4.45. The summed E-state index contributed by atoms with van der Waals surface area (Å²) < 4.78 is 5.33. The molecule has 2 rings (SSSR count). The largest absolute Gasteiger partial charge is 0.496 e. The van der Waals surface area contributed by atoms with Gasteiger partial charge >= 0.3 is 0 Å². The van der Waals surface area contributed by atoms with Crippen molar-refractivity contribution in [1.29, 1.82) is 0 Å². The third-order valence-electron chi connectivity index (χ3n) is 4.11. The average molecular weight is 417 g/mol. The maximum atomic E-state index is 6.01. The van der Waals surface area contributed by atoms with Crippen molar-refractivity contribution in [2.45, 2.75) is 58.0 Å². The van der Waals surface area contributed by atoms with E-state index < -0.39 is 0 Å². The number of methoxy groups -OCH3 is 1. The highest BCUT2D eigenvalue weighted by atomic mass is 127. The molecule has 0 atom stereocenters. The van der Waals surface area contributed by atoms with Gasteiger partial charge in [0.25, 0.3) is 0 Å². The van der Waals surface area contributed by atoms with Crippen LogP contribution < -0.4 is 15.8 Å². The van der Waals surface area contributed by atoms with Crippen LogP contribution in [0.5, 0.6) is 5.75 Å². The van der Waals surface area contributed by atoms with Gasteiger partial charge in [0.05, 0.1) is 13.7 Å². The van der Waals surface area contributed by atoms with Gasteiger partial charge in [0.1, 0.15) is 5.75 Å². The molecule has 1 aromatic carbocycles. The van der Waals surface area contributed by atoms with E-state index in [0.29, 0.717) is 18.5 Å². The summed E-state index contributed by atoms with van der Waals surface area (Å²) in [6, 6.07) is 6.64. The van der Waals surface area contributed by atoms with E-state index in [1.165, 1.54) is 38.5 Å². The molecule has 0 saturated heterocycles. The van der Waals surface area contributed by atoms with E-state index >= 15 is 0 Å². The lowest BCUT2D eigenvalue weighted by Crippen LogP contribution is -2.39. The lowest BCUT2D eigenvalue weighted by molar-refractivity contribution is 0.411. The Bertz CT molecular complexity index is 483. The summed E-state index contributed by atoms with van der Waals surface area (Å²) in [6.07, 6.45) is 7.68. The van der Waals surface area contributed by atoms with Crippen molar-refractivity contribution in [2.24, 2.45) is 10.7 Å². The molecule has 4 nitrogen and oxygen atoms in total. The Kier molecular flexibility index (Phi) is 8.60. The van der Waals surface area contributed by atoms with E-state index in [-0.39, 0.29) is 24.0 Å². The summed E-state index contributed by atoms with van der Waals surface area (Å²) in [5.74, 6) is 1.46. The Labute approximate surface area is 150 Å². The molecule has 1 aliphatic rings. The lowest BCUT2D eigenvalue weighted by Gasteiger charge is -2.16. The standard InChI is InChI=1S/C17H27N3O.HI/c1-13-9-10-14(11-16(13)21-2)12-19-17(18)20-15-7-5-3-4-6-8-15;/h9-11,15H,3-8,12H2,1-2H3,(H3,18,19,20);1H. The van der Waals surface area contributed by atoms with Crippen LogP contribution in [0.4, 0.5) is 0 Å². The summed E-state index contributed by atoms with van der Waals surface area (Å²) >= 11 is 0. The zero-order valence-electron chi connectivity index (χ0n) is 13.6. The van der Waals surface area contributed by atoms with E-state index in [9.17, 15) is 0 Å². The SMILES string of the molecule is COc1cc(CN=C(N)NC2CCCCCC2)ccc1C.I. The highest BCUT2D eigenvalue weighted by molar-refractivity contribution is 14.0. The van der Waals surface area contributed by atoms with Crippen molar-refractivity contribution in [3.05, 3.63) is 29.3 Å². The number of aliphatic imine (C=N–C) groups is 1. The second kappa shape index (κ2) is 9.92. The second-order valence-electron chi connectivity index (χ2n) is 5.84. The molecule has 0 aromatic heterocycles. The van der Waals surface area contributed by atoms with Crippen LogP contribution in [0.1, 0.15) is 49.7 Å². The molecule has 0 radical (unpaired) electrons. The summed E-state index contributed by atoms with van der Waals surface area (Å²) in [5.41, 5.74) is 8.26. The molecule has 0 amide bonds. The van der Waals surface area contributed by atoms with Crippen LogP contribution in [0.3, 0.4) is 0 Å². The van der Waals surface area contributed by atoms with Crippen LogP contribution in [0.25, 0.3) is 0 Å². The predicted octanol–water partition coefficient (Wildman–Crippen LogP) is 3.75. The molecule has 0 unspecified atom stereocenters. The number of nitrogens with one attached hydrogen (secondary N) is 1. The number of nitrogens with two attached hydrogens (primary N) is 1. The Morgan fingerprint density at radius 3 is 2.59 bits per heavy atom. The predicted molar refractivity (Wildman–Crippen MR) is 103 cm³/mol. The fraction of sp³-hybridized carbons (Fsp3) is 0.588. The van der Waals surface area contributed by atoms with Crippen molar-refractivity contribution < 1.29 is 4.74 Å². The van der Waals surface area contributed by atoms with Gasteiger partial charge in [-0.1, -0.05) is 37.8 Å². The van der Waals surface area contributed by atoms with Gasteiger partial charge in [-0.3, -0.25) is 0 Å². The summed E-state index contributed by atoms with van der Waals surface area (Å²) in [6.45, 7) is 2.62. The third-order valence-corrected chi connectivity index (χ3v) is 4.11. The Hall–Kier alpha value is -0.980. The molecule has 0 spiro atoms. The van der Waals surface area contributed by atoms with Crippen molar-refractivity contribution in [3.8, 4) is 5.75 Å². The van der Waals surface area contributed by atoms with E-state index in [2.05, 4.69) is 22.4 Å². The summed E-state index contributed by atoms with van der Waals surface area (Å²) in [7, 11) is 1.69. The number of benzene rings is 1. The topological polar surface area (TPSA) is 59.6 Å². The molecule has 1 aromatic rings. The van der Waals surface area contributed by atoms with Crippen molar-refractivity contribution in [3.63, 3.8) is 0 Å². The van der Waals surface area contributed by atoms with Gasteiger partial charge in [-0.25, -0.2) is 4.99 Å². The number of hydrogen-bond donors (Lipinski definition) is 2. The Morgan fingerprint density at radius 1 is 1.27 bits per heavy atom. The van der Waals surface area contributed by atoms with E-state index in [0.717, 1.165) is 16.9 Å². The first-order valence-corrected chi connectivity index (χ1v) is 7.89. The van der Waals surface area contributed by atoms with Gasteiger partial charge in [-0.15, -0.1) is 24.0 Å². The van der Waals surface area contributed by atoms with Gasteiger partial charge in [0.2, 0.25) is 0 Å². The van der Waals surface area contributed by atoms with Gasteiger partial charge in [-0.05, 0) is 37.0 Å². The van der Waals surface area contributed by atoms with Crippen molar-refractivity contribution in [1.82, 2.24) is 5.32 Å². The molecular weight excluding hydrogens is 389 g/mol. The molecule has 0 aliphatic heterocycles. The molecular formula is C17H28IN3O. The van der Waals surface area contributed by atoms with Crippen LogP contribution in [0, 0.1) is 6.92 Å². The van der Waals surface area contributed by atoms with E-state index in [1.807, 2.05) is 13.0 Å². The fourth-order valence-corrected chi connectivity index (χ4v) is 2.82. The third kappa shape index (κ3) is 6.02. The first kappa shape index (κ1) is 19.1. The quantitative estimate of drug-likeness (QED) is 0.340. The highest BCUT2D eigenvalue weighted by Gasteiger charge is 2.12. The normalized spacial score (nSPS) is 16.5. The Balaban J connectivity index is 0.00000242. The first-order valence-electron chi connectivity index (χ1n) is 7.89. The maximum absolute atomic E-state index is 6.01. The molecule has 1 aliphatic carbocycles. The first-order chi connectivity index (χ1) is 10.2. The minimum atomic E-state index is 0. The monoisotopic (exact) mass is 417 g/mol. The van der Waals surface area contributed by atoms with Crippen LogP contribution in [0.2, 0.25) is 0 Å². The van der Waals surface area contributed by atoms with Gasteiger partial charge in [0, 0.05) is 6.04 Å². The van der Waals surface area contributed by atoms with Crippen LogP contribution in [-0.2, 0) is 6.54 Å². The zero-order valence-corrected chi connectivity index (χ0v) is 15.9. The maximum Gasteiger partial charge on any atom is 0.189 e. The lowest BCUT2D eigenvalue weighted by atomic mass is 10.1. The molecule has 3 N–H and O–H groups in total. The number of ether oxygens (including phenoxy) is 1. The second-order valence-corrected chi connectivity index (χ2v) is 5.84. The number of hydrogen-bond acceptors (Lipinski definition) is 2. The number of halogens is 1. The molecule has 5 heteroatoms. The van der Waals surface area contributed by atoms with Crippen LogP contribution in [-0.4, -0.2) is 19.1 Å². The summed E-state index contributed by atoms with van der Waals surface area (Å²) in [5, 5.41) is 3.37. The molecule has 1 saturated carbocycles. The number of guanidine groups is 1. The van der Waals surface area contributed by atoms with Gasteiger partial charge in [-0.2, -0.15) is 0 Å². The fourth-order valence-electron chi connectivity index (χ4n) is 2.82. The molecule has 124 valence electrons. The number of aryl methyl sites for hydroxylation is 1. The van der Waals surface area contributed by atoms with E-state index in [1.54, 1.807) is 7.11 Å². The van der Waals surface area contributed by atoms with Gasteiger partial charge < -0.3 is 15.8 Å². The van der Waals surface area contributed by atoms with Crippen molar-refractivity contribution in [2.75, 3.05) is 7.11 Å². The minimum Gasteiger partial charge on any atom is -0.496 e. The van der Waals surface area contributed by atoms with E-state index in [4.69, 9.17) is 10.5 Å². The van der Waals surface area contributed by atoms with Crippen LogP contribution in [0.15, 0.2) is 23.2 Å². The molecule has 0 heterocycles. The van der Waals surface area contributed by atoms with Crippen LogP contribution >= 0.6 is 24.0 Å². The minimum absolute atomic E-state index is 0. The van der Waals surface area contributed by atoms with Crippen molar-refractivity contribution >= 4 is 29.9 Å². The molecule has 1 fully saturated rings. The number of rotatable bonds is 4. The number of nitrogens with zero attached hydrogens (tertiary/aromatic N) is 1. The molecule has 22 heavy (non-hydrogen) atoms. The smallest absolute Gasteiger partial charge is 0.189 e. The molecule has 0 bridgehead atoms. The van der Waals surface area contributed by atoms with Gasteiger partial charge in [0.15, 0.2) is 5.96 Å². The average Bonchev–Trinajstić information content (AvgIpc) is 2.75. The highest BCUT2D eigenvalue weighted by Crippen LogP contribution is 2.19. The Morgan fingerprint density at radius 2 is 1.95 bits per heavy atom.